The first-order valence-corrected chi connectivity index (χ1v) is 7.84. The van der Waals surface area contributed by atoms with Crippen molar-refractivity contribution in [3.63, 3.8) is 0 Å². The number of nitrogens with zero attached hydrogens (tertiary/aromatic N) is 5. The fraction of sp³-hybridized carbons (Fsp3) is 0.111. The van der Waals surface area contributed by atoms with E-state index in [1.807, 2.05) is 31.2 Å². The summed E-state index contributed by atoms with van der Waals surface area (Å²) in [5.74, 6) is -0.378. The number of aryl methyl sites for hydroxylation is 1. The van der Waals surface area contributed by atoms with Crippen molar-refractivity contribution in [2.75, 3.05) is 11.9 Å². The number of nitriles is 1. The van der Waals surface area contributed by atoms with E-state index in [-0.39, 0.29) is 11.6 Å². The normalized spacial score (nSPS) is 10.3. The lowest BCUT2D eigenvalue weighted by molar-refractivity contribution is 0.0988. The molecule has 0 atom stereocenters. The molecule has 0 aliphatic carbocycles. The molecule has 0 N–H and O–H groups in total. The maximum atomic E-state index is 12.7. The third-order valence-electron chi connectivity index (χ3n) is 3.76. The number of amides is 1. The van der Waals surface area contributed by atoms with Gasteiger partial charge in [0.05, 0.1) is 23.1 Å². The van der Waals surface area contributed by atoms with Gasteiger partial charge in [-0.2, -0.15) is 5.26 Å². The molecule has 25 heavy (non-hydrogen) atoms. The predicted octanol–water partition coefficient (Wildman–Crippen LogP) is 3.38. The fourth-order valence-electron chi connectivity index (χ4n) is 2.34. The highest BCUT2D eigenvalue weighted by atomic mass is 35.5. The highest BCUT2D eigenvalue weighted by Gasteiger charge is 2.20. The van der Waals surface area contributed by atoms with Gasteiger partial charge in [0.15, 0.2) is 5.69 Å². The summed E-state index contributed by atoms with van der Waals surface area (Å²) in [5, 5.41) is 17.6. The minimum Gasteiger partial charge on any atom is -0.309 e. The quantitative estimate of drug-likeness (QED) is 0.725. The van der Waals surface area contributed by atoms with E-state index < -0.39 is 0 Å². The first kappa shape index (κ1) is 16.7. The van der Waals surface area contributed by atoms with Crippen LogP contribution in [-0.4, -0.2) is 27.9 Å². The molecular weight excluding hydrogens is 338 g/mol. The van der Waals surface area contributed by atoms with Crippen molar-refractivity contribution >= 4 is 23.2 Å². The Kier molecular flexibility index (Phi) is 4.50. The second-order valence-electron chi connectivity index (χ2n) is 5.52. The Bertz CT molecular complexity index is 972. The molecule has 6 nitrogen and oxygen atoms in total. The van der Waals surface area contributed by atoms with Crippen LogP contribution in [0, 0.1) is 18.3 Å². The molecule has 2 aromatic carbocycles. The van der Waals surface area contributed by atoms with Crippen LogP contribution in [-0.2, 0) is 0 Å². The molecule has 0 unspecified atom stereocenters. The maximum Gasteiger partial charge on any atom is 0.280 e. The van der Waals surface area contributed by atoms with Gasteiger partial charge in [0.2, 0.25) is 0 Å². The molecule has 1 aromatic heterocycles. The van der Waals surface area contributed by atoms with Crippen LogP contribution in [0.4, 0.5) is 5.69 Å². The van der Waals surface area contributed by atoms with Crippen molar-refractivity contribution in [3.8, 4) is 11.8 Å². The number of carbonyl (C=O) groups is 1. The molecule has 7 heteroatoms. The Morgan fingerprint density at radius 2 is 1.96 bits per heavy atom. The van der Waals surface area contributed by atoms with Gasteiger partial charge >= 0.3 is 0 Å². The molecule has 0 bridgehead atoms. The predicted molar refractivity (Wildman–Crippen MR) is 95.0 cm³/mol. The number of hydrogen-bond acceptors (Lipinski definition) is 4. The summed E-state index contributed by atoms with van der Waals surface area (Å²) in [6.07, 6.45) is 1.56. The minimum atomic E-state index is -0.378. The zero-order chi connectivity index (χ0) is 18.0. The smallest absolute Gasteiger partial charge is 0.280 e. The van der Waals surface area contributed by atoms with Crippen LogP contribution in [0.25, 0.3) is 5.69 Å². The molecule has 0 saturated carbocycles. The van der Waals surface area contributed by atoms with Crippen molar-refractivity contribution in [2.45, 2.75) is 6.92 Å². The van der Waals surface area contributed by atoms with Crippen molar-refractivity contribution in [1.29, 1.82) is 5.26 Å². The number of benzene rings is 2. The molecule has 0 aliphatic rings. The first-order valence-electron chi connectivity index (χ1n) is 7.46. The van der Waals surface area contributed by atoms with Crippen LogP contribution in [0.15, 0.2) is 48.7 Å². The largest absolute Gasteiger partial charge is 0.309 e. The zero-order valence-corrected chi connectivity index (χ0v) is 14.4. The van der Waals surface area contributed by atoms with E-state index in [9.17, 15) is 10.1 Å². The van der Waals surface area contributed by atoms with Gasteiger partial charge in [0, 0.05) is 12.1 Å². The topological polar surface area (TPSA) is 74.8 Å². The summed E-state index contributed by atoms with van der Waals surface area (Å²) in [6.45, 7) is 1.99. The Balaban J connectivity index is 1.90. The molecule has 0 spiro atoms. The lowest BCUT2D eigenvalue weighted by Gasteiger charge is -2.17. The monoisotopic (exact) mass is 351 g/mol. The van der Waals surface area contributed by atoms with Crippen LogP contribution in [0.2, 0.25) is 5.02 Å². The molecule has 0 aliphatic heterocycles. The number of carbonyl (C=O) groups excluding carboxylic acids is 1. The second-order valence-corrected chi connectivity index (χ2v) is 5.96. The Labute approximate surface area is 149 Å². The van der Waals surface area contributed by atoms with Crippen molar-refractivity contribution in [2.24, 2.45) is 0 Å². The van der Waals surface area contributed by atoms with E-state index in [2.05, 4.69) is 16.4 Å². The van der Waals surface area contributed by atoms with Crippen LogP contribution >= 0.6 is 11.6 Å². The van der Waals surface area contributed by atoms with Gasteiger partial charge in [-0.25, -0.2) is 4.68 Å². The standard InChI is InChI=1S/C18H14ClN5O/c1-12-3-7-15(8-4-12)24-11-16(21-22-24)18(25)23(2)17-9-14(19)6-5-13(17)10-20/h3-9,11H,1-2H3. The van der Waals surface area contributed by atoms with Crippen molar-refractivity contribution in [1.82, 2.24) is 15.0 Å². The summed E-state index contributed by atoms with van der Waals surface area (Å²) >= 11 is 5.99. The van der Waals surface area contributed by atoms with Gasteiger partial charge in [-0.3, -0.25) is 4.79 Å². The Hall–Kier alpha value is -3.17. The molecule has 124 valence electrons. The van der Waals surface area contributed by atoms with E-state index in [0.29, 0.717) is 16.3 Å². The molecule has 0 fully saturated rings. The van der Waals surface area contributed by atoms with Gasteiger partial charge in [-0.15, -0.1) is 5.10 Å². The summed E-state index contributed by atoms with van der Waals surface area (Å²) in [5.41, 5.74) is 2.88. The van der Waals surface area contributed by atoms with Crippen molar-refractivity contribution in [3.05, 3.63) is 70.5 Å². The number of aromatic nitrogens is 3. The van der Waals surface area contributed by atoms with E-state index in [1.54, 1.807) is 31.4 Å². The fourth-order valence-corrected chi connectivity index (χ4v) is 2.51. The third kappa shape index (κ3) is 3.37. The number of halogens is 1. The average molecular weight is 352 g/mol. The highest BCUT2D eigenvalue weighted by molar-refractivity contribution is 6.31. The average Bonchev–Trinajstić information content (AvgIpc) is 3.11. The summed E-state index contributed by atoms with van der Waals surface area (Å²) in [7, 11) is 1.57. The van der Waals surface area contributed by atoms with Crippen molar-refractivity contribution < 1.29 is 4.79 Å². The van der Waals surface area contributed by atoms with Crippen LogP contribution < -0.4 is 4.90 Å². The minimum absolute atomic E-state index is 0.173. The van der Waals surface area contributed by atoms with Crippen LogP contribution in [0.3, 0.4) is 0 Å². The lowest BCUT2D eigenvalue weighted by Crippen LogP contribution is -2.27. The molecule has 1 heterocycles. The molecule has 0 saturated heterocycles. The molecule has 0 radical (unpaired) electrons. The van der Waals surface area contributed by atoms with E-state index >= 15 is 0 Å². The molecular formula is C18H14ClN5O. The zero-order valence-electron chi connectivity index (χ0n) is 13.6. The Morgan fingerprint density at radius 1 is 1.24 bits per heavy atom. The van der Waals surface area contributed by atoms with Gasteiger partial charge in [0.25, 0.3) is 5.91 Å². The van der Waals surface area contributed by atoms with E-state index in [1.165, 1.54) is 9.58 Å². The lowest BCUT2D eigenvalue weighted by atomic mass is 10.1. The van der Waals surface area contributed by atoms with Gasteiger partial charge in [-0.1, -0.05) is 34.5 Å². The first-order chi connectivity index (χ1) is 12.0. The van der Waals surface area contributed by atoms with Gasteiger partial charge in [-0.05, 0) is 37.3 Å². The van der Waals surface area contributed by atoms with Crippen LogP contribution in [0.1, 0.15) is 21.6 Å². The van der Waals surface area contributed by atoms with E-state index in [0.717, 1.165) is 11.3 Å². The van der Waals surface area contributed by atoms with E-state index in [4.69, 9.17) is 11.6 Å². The summed E-state index contributed by atoms with van der Waals surface area (Å²) in [4.78, 5) is 14.0. The molecule has 3 rings (SSSR count). The highest BCUT2D eigenvalue weighted by Crippen LogP contribution is 2.24. The number of anilines is 1. The number of hydrogen-bond donors (Lipinski definition) is 0. The number of rotatable bonds is 3. The van der Waals surface area contributed by atoms with Crippen LogP contribution in [0.5, 0.6) is 0 Å². The van der Waals surface area contributed by atoms with Gasteiger partial charge in [0.1, 0.15) is 6.07 Å². The SMILES string of the molecule is Cc1ccc(-n2cc(C(=O)N(C)c3cc(Cl)ccc3C#N)nn2)cc1. The third-order valence-corrected chi connectivity index (χ3v) is 3.99. The van der Waals surface area contributed by atoms with Gasteiger partial charge < -0.3 is 4.90 Å². The molecule has 1 amide bonds. The summed E-state index contributed by atoms with van der Waals surface area (Å²) in [6, 6.07) is 14.5. The second kappa shape index (κ2) is 6.75. The Morgan fingerprint density at radius 3 is 2.64 bits per heavy atom. The maximum absolute atomic E-state index is 12.7. The molecule has 3 aromatic rings. The summed E-state index contributed by atoms with van der Waals surface area (Å²) < 4.78 is 1.53.